The smallest absolute Gasteiger partial charge is 0.0517 e. The van der Waals surface area contributed by atoms with Crippen LogP contribution in [0.15, 0.2) is 42.5 Å². The molecule has 2 heteroatoms. The molecule has 1 aliphatic rings. The van der Waals surface area contributed by atoms with Crippen molar-refractivity contribution in [3.05, 3.63) is 62.7 Å². The lowest BCUT2D eigenvalue weighted by Gasteiger charge is -2.38. The second kappa shape index (κ2) is 5.64. The molecule has 2 aromatic rings. The summed E-state index contributed by atoms with van der Waals surface area (Å²) >= 11 is 2.37. The van der Waals surface area contributed by atoms with Gasteiger partial charge in [-0.3, -0.25) is 0 Å². The lowest BCUT2D eigenvalue weighted by atomic mass is 9.71. The van der Waals surface area contributed by atoms with Crippen LogP contribution in [0.2, 0.25) is 0 Å². The first-order valence-corrected chi connectivity index (χ1v) is 8.67. The van der Waals surface area contributed by atoms with Gasteiger partial charge in [-0.05, 0) is 82.7 Å². The fourth-order valence-electron chi connectivity index (χ4n) is 3.34. The number of nitrogens with one attached hydrogen (secondary N) is 1. The zero-order chi connectivity index (χ0) is 15.0. The molecular weight excluding hydrogens is 369 g/mol. The summed E-state index contributed by atoms with van der Waals surface area (Å²) in [6.45, 7) is 6.90. The molecular formula is C19H22IN. The molecule has 0 aromatic heterocycles. The molecule has 1 atom stereocenters. The van der Waals surface area contributed by atoms with Gasteiger partial charge in [0.2, 0.25) is 0 Å². The lowest BCUT2D eigenvalue weighted by Crippen LogP contribution is -2.29. The van der Waals surface area contributed by atoms with Crippen LogP contribution in [-0.2, 0) is 5.41 Å². The van der Waals surface area contributed by atoms with Crippen LogP contribution in [0.4, 0.5) is 5.69 Å². The zero-order valence-corrected chi connectivity index (χ0v) is 15.1. The zero-order valence-electron chi connectivity index (χ0n) is 12.9. The Morgan fingerprint density at radius 2 is 1.90 bits per heavy atom. The molecule has 1 nitrogen and oxygen atoms in total. The molecule has 0 bridgehead atoms. The molecule has 0 heterocycles. The van der Waals surface area contributed by atoms with Crippen LogP contribution < -0.4 is 5.32 Å². The van der Waals surface area contributed by atoms with Crippen molar-refractivity contribution in [3.8, 4) is 0 Å². The predicted molar refractivity (Wildman–Crippen MR) is 99.0 cm³/mol. The number of aryl methyl sites for hydroxylation is 1. The van der Waals surface area contributed by atoms with Crippen LogP contribution in [0, 0.1) is 10.5 Å². The second-order valence-corrected chi connectivity index (χ2v) is 7.91. The van der Waals surface area contributed by atoms with Crippen LogP contribution in [0.1, 0.15) is 49.4 Å². The van der Waals surface area contributed by atoms with E-state index in [1.165, 1.54) is 38.8 Å². The quantitative estimate of drug-likeness (QED) is 0.636. The fourth-order valence-corrected chi connectivity index (χ4v) is 3.99. The second-order valence-electron chi connectivity index (χ2n) is 6.67. The third-order valence-corrected chi connectivity index (χ3v) is 5.31. The van der Waals surface area contributed by atoms with Crippen molar-refractivity contribution in [2.45, 2.75) is 45.1 Å². The molecule has 3 rings (SSSR count). The minimum atomic E-state index is 0.288. The average Bonchev–Trinajstić information content (AvgIpc) is 2.45. The first-order valence-electron chi connectivity index (χ1n) is 7.59. The highest BCUT2D eigenvalue weighted by Gasteiger charge is 2.32. The van der Waals surface area contributed by atoms with Crippen molar-refractivity contribution in [1.82, 2.24) is 0 Å². The predicted octanol–water partition coefficient (Wildman–Crippen LogP) is 5.82. The van der Waals surface area contributed by atoms with E-state index in [0.29, 0.717) is 6.04 Å². The Labute approximate surface area is 141 Å². The highest BCUT2D eigenvalue weighted by Crippen LogP contribution is 2.42. The van der Waals surface area contributed by atoms with E-state index in [-0.39, 0.29) is 5.41 Å². The normalized spacial score (nSPS) is 19.9. The van der Waals surface area contributed by atoms with Gasteiger partial charge in [-0.25, -0.2) is 0 Å². The number of anilines is 1. The van der Waals surface area contributed by atoms with E-state index >= 15 is 0 Å². The molecule has 1 aliphatic carbocycles. The summed E-state index contributed by atoms with van der Waals surface area (Å²) in [5.41, 5.74) is 5.83. The van der Waals surface area contributed by atoms with E-state index in [1.807, 2.05) is 0 Å². The summed E-state index contributed by atoms with van der Waals surface area (Å²) in [4.78, 5) is 0. The van der Waals surface area contributed by atoms with Gasteiger partial charge in [-0.2, -0.15) is 0 Å². The number of benzene rings is 2. The average molecular weight is 391 g/mol. The van der Waals surface area contributed by atoms with Gasteiger partial charge < -0.3 is 5.32 Å². The van der Waals surface area contributed by atoms with Gasteiger partial charge in [0, 0.05) is 9.26 Å². The lowest BCUT2D eigenvalue weighted by molar-refractivity contribution is 0.406. The summed E-state index contributed by atoms with van der Waals surface area (Å²) in [5.74, 6) is 0. The summed E-state index contributed by atoms with van der Waals surface area (Å²) in [6, 6.07) is 16.0. The Hall–Kier alpha value is -1.03. The van der Waals surface area contributed by atoms with E-state index in [9.17, 15) is 0 Å². The van der Waals surface area contributed by atoms with Gasteiger partial charge in [0.15, 0.2) is 0 Å². The fraction of sp³-hybridized carbons (Fsp3) is 0.368. The molecule has 0 saturated carbocycles. The van der Waals surface area contributed by atoms with Gasteiger partial charge in [0.25, 0.3) is 0 Å². The number of hydrogen-bond donors (Lipinski definition) is 1. The molecule has 0 radical (unpaired) electrons. The molecule has 21 heavy (non-hydrogen) atoms. The van der Waals surface area contributed by atoms with Crippen molar-refractivity contribution in [1.29, 1.82) is 0 Å². The Kier molecular flexibility index (Phi) is 4.00. The molecule has 0 spiro atoms. The van der Waals surface area contributed by atoms with Gasteiger partial charge in [-0.15, -0.1) is 0 Å². The molecule has 0 amide bonds. The van der Waals surface area contributed by atoms with Gasteiger partial charge >= 0.3 is 0 Å². The number of rotatable bonds is 2. The van der Waals surface area contributed by atoms with Crippen molar-refractivity contribution < 1.29 is 0 Å². The topological polar surface area (TPSA) is 12.0 Å². The number of hydrogen-bond acceptors (Lipinski definition) is 1. The summed E-state index contributed by atoms with van der Waals surface area (Å²) in [7, 11) is 0. The molecule has 0 saturated heterocycles. The van der Waals surface area contributed by atoms with Gasteiger partial charge in [0.05, 0.1) is 6.04 Å². The standard InChI is InChI=1S/C19H22IN/c1-13-12-14(20)8-9-17(13)21-18-10-11-19(2,3)16-7-5-4-6-15(16)18/h4-9,12,18,21H,10-11H2,1-3H3. The molecule has 0 fully saturated rings. The van der Waals surface area contributed by atoms with Crippen molar-refractivity contribution in [2.24, 2.45) is 0 Å². The molecule has 1 N–H and O–H groups in total. The van der Waals surface area contributed by atoms with Crippen molar-refractivity contribution >= 4 is 28.3 Å². The molecule has 0 aliphatic heterocycles. The summed E-state index contributed by atoms with van der Waals surface area (Å²) in [6.07, 6.45) is 2.42. The van der Waals surface area contributed by atoms with E-state index in [2.05, 4.69) is 91.1 Å². The van der Waals surface area contributed by atoms with Crippen LogP contribution >= 0.6 is 22.6 Å². The third kappa shape index (κ3) is 2.96. The van der Waals surface area contributed by atoms with E-state index in [0.717, 1.165) is 0 Å². The van der Waals surface area contributed by atoms with Crippen LogP contribution in [-0.4, -0.2) is 0 Å². The minimum Gasteiger partial charge on any atom is -0.378 e. The Balaban J connectivity index is 1.94. The SMILES string of the molecule is Cc1cc(I)ccc1NC1CCC(C)(C)c2ccccc21. The third-order valence-electron chi connectivity index (χ3n) is 4.64. The summed E-state index contributed by atoms with van der Waals surface area (Å²) in [5, 5.41) is 3.77. The first-order chi connectivity index (χ1) is 9.97. The highest BCUT2D eigenvalue weighted by molar-refractivity contribution is 14.1. The first kappa shape index (κ1) is 14.9. The summed E-state index contributed by atoms with van der Waals surface area (Å²) < 4.78 is 1.29. The Bertz CT molecular complexity index is 660. The van der Waals surface area contributed by atoms with Crippen LogP contribution in [0.3, 0.4) is 0 Å². The minimum absolute atomic E-state index is 0.288. The maximum Gasteiger partial charge on any atom is 0.0517 e. The molecule has 2 aromatic carbocycles. The highest BCUT2D eigenvalue weighted by atomic mass is 127. The Morgan fingerprint density at radius 1 is 1.14 bits per heavy atom. The van der Waals surface area contributed by atoms with E-state index in [1.54, 1.807) is 0 Å². The van der Waals surface area contributed by atoms with Crippen LogP contribution in [0.25, 0.3) is 0 Å². The van der Waals surface area contributed by atoms with Crippen molar-refractivity contribution in [3.63, 3.8) is 0 Å². The molecule has 1 unspecified atom stereocenters. The Morgan fingerprint density at radius 3 is 2.67 bits per heavy atom. The van der Waals surface area contributed by atoms with Gasteiger partial charge in [0.1, 0.15) is 0 Å². The van der Waals surface area contributed by atoms with Crippen molar-refractivity contribution in [2.75, 3.05) is 5.32 Å². The van der Waals surface area contributed by atoms with E-state index < -0.39 is 0 Å². The monoisotopic (exact) mass is 391 g/mol. The number of halogens is 1. The number of fused-ring (bicyclic) bond motifs is 1. The largest absolute Gasteiger partial charge is 0.378 e. The molecule has 110 valence electrons. The van der Waals surface area contributed by atoms with Gasteiger partial charge in [-0.1, -0.05) is 38.1 Å². The maximum atomic E-state index is 3.77. The van der Waals surface area contributed by atoms with E-state index in [4.69, 9.17) is 0 Å². The maximum absolute atomic E-state index is 3.77. The van der Waals surface area contributed by atoms with Crippen LogP contribution in [0.5, 0.6) is 0 Å².